The van der Waals surface area contributed by atoms with Crippen LogP contribution in [0, 0.1) is 0 Å². The minimum absolute atomic E-state index is 0.102. The van der Waals surface area contributed by atoms with Crippen molar-refractivity contribution in [2.75, 3.05) is 11.9 Å². The van der Waals surface area contributed by atoms with Crippen molar-refractivity contribution in [1.82, 2.24) is 9.97 Å². The number of hydrogen-bond acceptors (Lipinski definition) is 3. The van der Waals surface area contributed by atoms with Crippen LogP contribution >= 0.6 is 0 Å². The topological polar surface area (TPSA) is 37.8 Å². The third-order valence-corrected chi connectivity index (χ3v) is 2.27. The molecule has 0 bridgehead atoms. The van der Waals surface area contributed by atoms with Crippen molar-refractivity contribution in [3.63, 3.8) is 0 Å². The van der Waals surface area contributed by atoms with Crippen LogP contribution in [0.3, 0.4) is 0 Å². The van der Waals surface area contributed by atoms with E-state index in [0.29, 0.717) is 0 Å². The first kappa shape index (κ1) is 8.48. The summed E-state index contributed by atoms with van der Waals surface area (Å²) in [5.41, 5.74) is 2.30. The molecule has 0 fully saturated rings. The fourth-order valence-corrected chi connectivity index (χ4v) is 1.41. The van der Waals surface area contributed by atoms with Gasteiger partial charge in [0.2, 0.25) is 0 Å². The molecule has 2 heterocycles. The maximum Gasteiger partial charge on any atom is 0.147 e. The lowest BCUT2D eigenvalue weighted by Gasteiger charge is -2.17. The summed E-state index contributed by atoms with van der Waals surface area (Å²) in [6.45, 7) is 7.45. The molecule has 70 valence electrons. The molecule has 0 spiro atoms. The molecule has 0 saturated carbocycles. The fourth-order valence-electron chi connectivity index (χ4n) is 1.41. The molecule has 0 aliphatic carbocycles. The predicted octanol–water partition coefficient (Wildman–Crippen LogP) is 1.74. The van der Waals surface area contributed by atoms with Gasteiger partial charge >= 0.3 is 0 Å². The third kappa shape index (κ3) is 1.50. The van der Waals surface area contributed by atoms with Crippen molar-refractivity contribution in [2.24, 2.45) is 0 Å². The van der Waals surface area contributed by atoms with E-state index in [-0.39, 0.29) is 5.41 Å². The first-order chi connectivity index (χ1) is 6.07. The molecule has 2 rings (SSSR count). The average molecular weight is 177 g/mol. The summed E-state index contributed by atoms with van der Waals surface area (Å²) in [6.07, 6.45) is 2.88. The van der Waals surface area contributed by atoms with Crippen LogP contribution in [-0.2, 0) is 11.8 Å². The maximum absolute atomic E-state index is 4.60. The Morgan fingerprint density at radius 1 is 1.38 bits per heavy atom. The quantitative estimate of drug-likeness (QED) is 0.656. The van der Waals surface area contributed by atoms with E-state index in [1.807, 2.05) is 6.20 Å². The van der Waals surface area contributed by atoms with Crippen LogP contribution in [0.5, 0.6) is 0 Å². The zero-order valence-corrected chi connectivity index (χ0v) is 8.39. The number of nitrogens with one attached hydrogen (secondary N) is 1. The van der Waals surface area contributed by atoms with E-state index in [0.717, 1.165) is 30.2 Å². The van der Waals surface area contributed by atoms with E-state index >= 15 is 0 Å². The zero-order chi connectivity index (χ0) is 9.47. The largest absolute Gasteiger partial charge is 0.368 e. The molecule has 1 aliphatic rings. The van der Waals surface area contributed by atoms with Gasteiger partial charge in [-0.15, -0.1) is 0 Å². The molecule has 0 amide bonds. The summed E-state index contributed by atoms with van der Waals surface area (Å²) in [4.78, 5) is 8.95. The van der Waals surface area contributed by atoms with E-state index in [1.54, 1.807) is 0 Å². The van der Waals surface area contributed by atoms with Crippen LogP contribution in [0.4, 0.5) is 5.82 Å². The summed E-state index contributed by atoms with van der Waals surface area (Å²) in [5, 5.41) is 3.21. The average Bonchev–Trinajstić information content (AvgIpc) is 2.47. The van der Waals surface area contributed by atoms with Gasteiger partial charge < -0.3 is 5.32 Å². The molecule has 13 heavy (non-hydrogen) atoms. The Kier molecular flexibility index (Phi) is 1.75. The molecular formula is C10H15N3. The molecule has 1 aliphatic heterocycles. The minimum atomic E-state index is 0.102. The van der Waals surface area contributed by atoms with Crippen LogP contribution in [-0.4, -0.2) is 16.5 Å². The lowest BCUT2D eigenvalue weighted by molar-refractivity contribution is 0.563. The van der Waals surface area contributed by atoms with Crippen molar-refractivity contribution >= 4 is 5.82 Å². The van der Waals surface area contributed by atoms with Crippen molar-refractivity contribution in [3.05, 3.63) is 17.6 Å². The van der Waals surface area contributed by atoms with Crippen molar-refractivity contribution in [2.45, 2.75) is 32.6 Å². The number of hydrogen-bond donors (Lipinski definition) is 1. The van der Waals surface area contributed by atoms with Gasteiger partial charge in [0, 0.05) is 18.4 Å². The summed E-state index contributed by atoms with van der Waals surface area (Å²) >= 11 is 0. The van der Waals surface area contributed by atoms with Crippen LogP contribution in [0.15, 0.2) is 6.20 Å². The summed E-state index contributed by atoms with van der Waals surface area (Å²) in [5.74, 6) is 0.966. The second-order valence-electron chi connectivity index (χ2n) is 4.48. The molecule has 0 unspecified atom stereocenters. The van der Waals surface area contributed by atoms with E-state index in [4.69, 9.17) is 0 Å². The molecule has 0 atom stereocenters. The monoisotopic (exact) mass is 177 g/mol. The number of fused-ring (bicyclic) bond motifs is 1. The zero-order valence-electron chi connectivity index (χ0n) is 8.39. The Morgan fingerprint density at radius 2 is 2.15 bits per heavy atom. The smallest absolute Gasteiger partial charge is 0.147 e. The Morgan fingerprint density at radius 3 is 2.85 bits per heavy atom. The molecule has 1 aromatic rings. The highest BCUT2D eigenvalue weighted by molar-refractivity contribution is 5.45. The lowest BCUT2D eigenvalue weighted by atomic mass is 9.92. The van der Waals surface area contributed by atoms with Gasteiger partial charge in [0.25, 0.3) is 0 Å². The highest BCUT2D eigenvalue weighted by atomic mass is 15.0. The molecule has 0 aromatic carbocycles. The van der Waals surface area contributed by atoms with Gasteiger partial charge in [-0.3, -0.25) is 4.98 Å². The van der Waals surface area contributed by atoms with Gasteiger partial charge in [0.05, 0.1) is 17.6 Å². The SMILES string of the molecule is CC(C)(C)c1cnc2c(n1)CCN2. The standard InChI is InChI=1S/C10H15N3/c1-10(2,3)8-6-12-9-7(13-8)4-5-11-9/h6H,4-5H2,1-3H3,(H,11,12). The Balaban J connectivity index is 2.42. The Bertz CT molecular complexity index is 325. The number of rotatable bonds is 0. The number of nitrogens with zero attached hydrogens (tertiary/aromatic N) is 2. The van der Waals surface area contributed by atoms with Crippen LogP contribution < -0.4 is 5.32 Å². The minimum Gasteiger partial charge on any atom is -0.368 e. The Labute approximate surface area is 78.6 Å². The van der Waals surface area contributed by atoms with Gasteiger partial charge in [-0.1, -0.05) is 20.8 Å². The van der Waals surface area contributed by atoms with Crippen molar-refractivity contribution < 1.29 is 0 Å². The van der Waals surface area contributed by atoms with Gasteiger partial charge in [0.1, 0.15) is 5.82 Å². The second kappa shape index (κ2) is 2.69. The van der Waals surface area contributed by atoms with Gasteiger partial charge in [-0.05, 0) is 0 Å². The molecule has 1 N–H and O–H groups in total. The lowest BCUT2D eigenvalue weighted by Crippen LogP contribution is -2.14. The van der Waals surface area contributed by atoms with E-state index < -0.39 is 0 Å². The summed E-state index contributed by atoms with van der Waals surface area (Å²) in [6, 6.07) is 0. The third-order valence-electron chi connectivity index (χ3n) is 2.27. The highest BCUT2D eigenvalue weighted by Crippen LogP contribution is 2.23. The van der Waals surface area contributed by atoms with E-state index in [1.165, 1.54) is 0 Å². The molecule has 0 saturated heterocycles. The fraction of sp³-hybridized carbons (Fsp3) is 0.600. The van der Waals surface area contributed by atoms with Crippen LogP contribution in [0.1, 0.15) is 32.2 Å². The van der Waals surface area contributed by atoms with Crippen LogP contribution in [0.2, 0.25) is 0 Å². The number of anilines is 1. The normalized spacial score (nSPS) is 15.3. The molecule has 0 radical (unpaired) electrons. The molecule has 3 heteroatoms. The van der Waals surface area contributed by atoms with Gasteiger partial charge in [-0.2, -0.15) is 0 Å². The van der Waals surface area contributed by atoms with E-state index in [2.05, 4.69) is 36.1 Å². The van der Waals surface area contributed by atoms with Crippen LogP contribution in [0.25, 0.3) is 0 Å². The van der Waals surface area contributed by atoms with Gasteiger partial charge in [0.15, 0.2) is 0 Å². The number of aromatic nitrogens is 2. The maximum atomic E-state index is 4.60. The summed E-state index contributed by atoms with van der Waals surface area (Å²) < 4.78 is 0. The predicted molar refractivity (Wildman–Crippen MR) is 52.9 cm³/mol. The molecule has 3 nitrogen and oxygen atoms in total. The highest BCUT2D eigenvalue weighted by Gasteiger charge is 2.20. The van der Waals surface area contributed by atoms with Crippen molar-refractivity contribution in [1.29, 1.82) is 0 Å². The second-order valence-corrected chi connectivity index (χ2v) is 4.48. The molecular weight excluding hydrogens is 162 g/mol. The Hall–Kier alpha value is -1.12. The van der Waals surface area contributed by atoms with E-state index in [9.17, 15) is 0 Å². The summed E-state index contributed by atoms with van der Waals surface area (Å²) in [7, 11) is 0. The van der Waals surface area contributed by atoms with Crippen molar-refractivity contribution in [3.8, 4) is 0 Å². The first-order valence-electron chi connectivity index (χ1n) is 4.67. The molecule has 1 aromatic heterocycles. The van der Waals surface area contributed by atoms with Gasteiger partial charge in [-0.25, -0.2) is 4.98 Å². The first-order valence-corrected chi connectivity index (χ1v) is 4.67.